The molecule has 0 aliphatic heterocycles. The summed E-state index contributed by atoms with van der Waals surface area (Å²) < 4.78 is 0.802. The predicted octanol–water partition coefficient (Wildman–Crippen LogP) is 4.12. The summed E-state index contributed by atoms with van der Waals surface area (Å²) in [6.45, 7) is 2.05. The maximum absolute atomic E-state index is 9.91. The molecule has 0 unspecified atom stereocenters. The molecule has 0 fully saturated rings. The molecule has 15 heavy (non-hydrogen) atoms. The summed E-state index contributed by atoms with van der Waals surface area (Å²) in [7, 11) is 0. The van der Waals surface area contributed by atoms with Gasteiger partial charge in [-0.1, -0.05) is 17.7 Å². The molecule has 0 heterocycles. The molecule has 0 amide bonds. The molecule has 1 nitrogen and oxygen atoms in total. The fraction of sp³-hybridized carbons (Fsp3) is 0.385. The van der Waals surface area contributed by atoms with E-state index < -0.39 is 0 Å². The number of phenolic OH excluding ortho intramolecular Hbond substituents is 1. The van der Waals surface area contributed by atoms with Crippen molar-refractivity contribution in [2.45, 2.75) is 32.6 Å². The number of halogens is 1. The first-order valence-electron chi connectivity index (χ1n) is 5.32. The summed E-state index contributed by atoms with van der Waals surface area (Å²) in [5, 5.41) is 9.91. The number of aryl methyl sites for hydroxylation is 1. The molecule has 1 N–H and O–H groups in total. The minimum Gasteiger partial charge on any atom is -0.506 e. The van der Waals surface area contributed by atoms with Crippen molar-refractivity contribution in [2.24, 2.45) is 0 Å². The van der Waals surface area contributed by atoms with Crippen molar-refractivity contribution in [1.29, 1.82) is 0 Å². The van der Waals surface area contributed by atoms with Gasteiger partial charge in [-0.2, -0.15) is 0 Å². The van der Waals surface area contributed by atoms with Crippen LogP contribution in [-0.2, 0) is 6.42 Å². The molecular formula is C13H15BrO. The second-order valence-electron chi connectivity index (χ2n) is 4.19. The normalized spacial score (nSPS) is 15.5. The van der Waals surface area contributed by atoms with Gasteiger partial charge in [0.2, 0.25) is 0 Å². The summed E-state index contributed by atoms with van der Waals surface area (Å²) in [5.74, 6) is 0.397. The lowest BCUT2D eigenvalue weighted by Crippen LogP contribution is -1.91. The van der Waals surface area contributed by atoms with Crippen molar-refractivity contribution in [3.05, 3.63) is 39.4 Å². The van der Waals surface area contributed by atoms with E-state index in [9.17, 15) is 5.11 Å². The highest BCUT2D eigenvalue weighted by atomic mass is 79.9. The average Bonchev–Trinajstić information content (AvgIpc) is 2.66. The van der Waals surface area contributed by atoms with E-state index in [1.807, 2.05) is 6.07 Å². The molecule has 0 saturated carbocycles. The smallest absolute Gasteiger partial charge is 0.133 e. The van der Waals surface area contributed by atoms with Gasteiger partial charge in [-0.15, -0.1) is 0 Å². The Hall–Kier alpha value is -0.760. The first-order chi connectivity index (χ1) is 7.16. The van der Waals surface area contributed by atoms with Crippen LogP contribution in [0.3, 0.4) is 0 Å². The largest absolute Gasteiger partial charge is 0.506 e. The fourth-order valence-electron chi connectivity index (χ4n) is 2.08. The molecule has 2 heteroatoms. The highest BCUT2D eigenvalue weighted by Crippen LogP contribution is 2.32. The van der Waals surface area contributed by atoms with E-state index in [4.69, 9.17) is 0 Å². The van der Waals surface area contributed by atoms with Crippen LogP contribution in [0.15, 0.2) is 28.3 Å². The third-order valence-corrected chi connectivity index (χ3v) is 3.44. The van der Waals surface area contributed by atoms with Gasteiger partial charge in [-0.25, -0.2) is 0 Å². The number of aromatic hydroxyl groups is 1. The molecule has 0 spiro atoms. The minimum absolute atomic E-state index is 0.397. The SMILES string of the molecule is Cc1cc(Br)c(O)c(CC2=CCCC2)c1. The van der Waals surface area contributed by atoms with Gasteiger partial charge < -0.3 is 5.11 Å². The van der Waals surface area contributed by atoms with Crippen LogP contribution in [0.2, 0.25) is 0 Å². The first-order valence-corrected chi connectivity index (χ1v) is 6.12. The Morgan fingerprint density at radius 3 is 2.87 bits per heavy atom. The summed E-state index contributed by atoms with van der Waals surface area (Å²) in [6.07, 6.45) is 6.85. The number of hydrogen-bond acceptors (Lipinski definition) is 1. The number of phenols is 1. The Kier molecular flexibility index (Phi) is 3.15. The monoisotopic (exact) mass is 266 g/mol. The summed E-state index contributed by atoms with van der Waals surface area (Å²) in [4.78, 5) is 0. The van der Waals surface area contributed by atoms with Crippen molar-refractivity contribution < 1.29 is 5.11 Å². The number of allylic oxidation sites excluding steroid dienone is 2. The third-order valence-electron chi connectivity index (χ3n) is 2.84. The Morgan fingerprint density at radius 1 is 1.40 bits per heavy atom. The van der Waals surface area contributed by atoms with Gasteiger partial charge in [0.1, 0.15) is 5.75 Å². The van der Waals surface area contributed by atoms with Gasteiger partial charge in [0, 0.05) is 0 Å². The number of benzene rings is 1. The zero-order chi connectivity index (χ0) is 10.8. The lowest BCUT2D eigenvalue weighted by Gasteiger charge is -2.08. The second kappa shape index (κ2) is 4.40. The Balaban J connectivity index is 2.27. The van der Waals surface area contributed by atoms with Gasteiger partial charge in [0.15, 0.2) is 0 Å². The lowest BCUT2D eigenvalue weighted by molar-refractivity contribution is 0.465. The topological polar surface area (TPSA) is 20.2 Å². The molecule has 0 aromatic heterocycles. The van der Waals surface area contributed by atoms with E-state index in [0.29, 0.717) is 5.75 Å². The van der Waals surface area contributed by atoms with E-state index in [0.717, 1.165) is 16.5 Å². The van der Waals surface area contributed by atoms with E-state index in [1.165, 1.54) is 30.4 Å². The molecule has 0 saturated heterocycles. The van der Waals surface area contributed by atoms with Crippen molar-refractivity contribution in [1.82, 2.24) is 0 Å². The molecule has 80 valence electrons. The van der Waals surface area contributed by atoms with Crippen molar-refractivity contribution in [3.63, 3.8) is 0 Å². The van der Waals surface area contributed by atoms with E-state index >= 15 is 0 Å². The molecule has 1 aromatic carbocycles. The highest BCUT2D eigenvalue weighted by Gasteiger charge is 2.11. The molecule has 0 bridgehead atoms. The fourth-order valence-corrected chi connectivity index (χ4v) is 2.70. The van der Waals surface area contributed by atoms with E-state index in [2.05, 4.69) is 35.0 Å². The second-order valence-corrected chi connectivity index (χ2v) is 5.04. The van der Waals surface area contributed by atoms with Gasteiger partial charge in [-0.3, -0.25) is 0 Å². The van der Waals surface area contributed by atoms with Gasteiger partial charge >= 0.3 is 0 Å². The molecule has 1 aliphatic rings. The maximum Gasteiger partial charge on any atom is 0.133 e. The Labute approximate surface area is 99.0 Å². The highest BCUT2D eigenvalue weighted by molar-refractivity contribution is 9.10. The van der Waals surface area contributed by atoms with E-state index in [1.54, 1.807) is 0 Å². The van der Waals surface area contributed by atoms with Gasteiger partial charge in [0.05, 0.1) is 4.47 Å². The summed E-state index contributed by atoms with van der Waals surface area (Å²) in [5.41, 5.74) is 3.69. The Bertz CT molecular complexity index is 407. The van der Waals surface area contributed by atoms with Gasteiger partial charge in [0.25, 0.3) is 0 Å². The standard InChI is InChI=1S/C13H15BrO/c1-9-6-11(13(15)12(14)7-9)8-10-4-2-3-5-10/h4,6-7,15H,2-3,5,8H2,1H3. The number of rotatable bonds is 2. The summed E-state index contributed by atoms with van der Waals surface area (Å²) in [6, 6.07) is 4.01. The van der Waals surface area contributed by atoms with E-state index in [-0.39, 0.29) is 0 Å². The zero-order valence-corrected chi connectivity index (χ0v) is 10.5. The Morgan fingerprint density at radius 2 is 2.20 bits per heavy atom. The summed E-state index contributed by atoms with van der Waals surface area (Å²) >= 11 is 3.38. The van der Waals surface area contributed by atoms with Gasteiger partial charge in [-0.05, 0) is 65.7 Å². The van der Waals surface area contributed by atoms with Crippen molar-refractivity contribution in [3.8, 4) is 5.75 Å². The van der Waals surface area contributed by atoms with Crippen molar-refractivity contribution in [2.75, 3.05) is 0 Å². The molecule has 0 radical (unpaired) electrons. The molecule has 1 aromatic rings. The van der Waals surface area contributed by atoms with Crippen LogP contribution in [-0.4, -0.2) is 5.11 Å². The quantitative estimate of drug-likeness (QED) is 0.799. The lowest BCUT2D eigenvalue weighted by atomic mass is 10.0. The van der Waals surface area contributed by atoms with Crippen LogP contribution in [0.4, 0.5) is 0 Å². The van der Waals surface area contributed by atoms with Crippen LogP contribution < -0.4 is 0 Å². The van der Waals surface area contributed by atoms with Crippen LogP contribution in [0.1, 0.15) is 30.4 Å². The van der Waals surface area contributed by atoms with Crippen molar-refractivity contribution >= 4 is 15.9 Å². The first kappa shape index (κ1) is 10.7. The van der Waals surface area contributed by atoms with Crippen LogP contribution >= 0.6 is 15.9 Å². The molecule has 1 aliphatic carbocycles. The minimum atomic E-state index is 0.397. The average molecular weight is 267 g/mol. The molecule has 0 atom stereocenters. The predicted molar refractivity (Wildman–Crippen MR) is 66.2 cm³/mol. The zero-order valence-electron chi connectivity index (χ0n) is 8.89. The molecular weight excluding hydrogens is 252 g/mol. The van der Waals surface area contributed by atoms with Crippen LogP contribution in [0, 0.1) is 6.92 Å². The van der Waals surface area contributed by atoms with Crippen LogP contribution in [0.25, 0.3) is 0 Å². The number of hydrogen-bond donors (Lipinski definition) is 1. The third kappa shape index (κ3) is 2.43. The van der Waals surface area contributed by atoms with Crippen LogP contribution in [0.5, 0.6) is 5.75 Å². The maximum atomic E-state index is 9.91. The molecule has 2 rings (SSSR count).